The Morgan fingerprint density at radius 2 is 1.79 bits per heavy atom. The van der Waals surface area contributed by atoms with Gasteiger partial charge in [0.25, 0.3) is 5.91 Å². The highest BCUT2D eigenvalue weighted by Crippen LogP contribution is 2.13. The van der Waals surface area contributed by atoms with Crippen LogP contribution in [0.25, 0.3) is 0 Å². The van der Waals surface area contributed by atoms with E-state index in [0.29, 0.717) is 6.54 Å². The number of aliphatic hydroxyl groups excluding tert-OH is 1. The minimum Gasteiger partial charge on any atom is -0.390 e. The number of imide groups is 1. The molecule has 2 aromatic carbocycles. The third kappa shape index (κ3) is 7.32. The van der Waals surface area contributed by atoms with Crippen LogP contribution in [0.3, 0.4) is 0 Å². The quantitative estimate of drug-likeness (QED) is 0.315. The largest absolute Gasteiger partial charge is 0.390 e. The van der Waals surface area contributed by atoms with Crippen molar-refractivity contribution in [1.29, 1.82) is 0 Å². The fourth-order valence-electron chi connectivity index (χ4n) is 3.79. The lowest BCUT2D eigenvalue weighted by Crippen LogP contribution is -2.50. The normalized spacial score (nSPS) is 17.1. The number of benzene rings is 2. The molecule has 182 valence electrons. The van der Waals surface area contributed by atoms with Crippen LogP contribution in [0.15, 0.2) is 42.5 Å². The van der Waals surface area contributed by atoms with E-state index < -0.39 is 47.7 Å². The molecule has 0 aliphatic carbocycles. The summed E-state index contributed by atoms with van der Waals surface area (Å²) in [5.74, 6) is -2.76. The van der Waals surface area contributed by atoms with Gasteiger partial charge in [0.2, 0.25) is 5.91 Å². The van der Waals surface area contributed by atoms with Crippen LogP contribution in [0.1, 0.15) is 30.0 Å². The van der Waals surface area contributed by atoms with Crippen LogP contribution in [0.5, 0.6) is 0 Å². The molecule has 8 nitrogen and oxygen atoms in total. The van der Waals surface area contributed by atoms with Crippen LogP contribution in [-0.2, 0) is 29.0 Å². The van der Waals surface area contributed by atoms with E-state index in [4.69, 9.17) is 0 Å². The molecule has 3 rings (SSSR count). The molecule has 0 bridgehead atoms. The first-order valence-corrected chi connectivity index (χ1v) is 11.1. The summed E-state index contributed by atoms with van der Waals surface area (Å²) in [6.07, 6.45) is -0.585. The molecule has 4 amide bonds. The van der Waals surface area contributed by atoms with Crippen molar-refractivity contribution in [1.82, 2.24) is 21.3 Å². The van der Waals surface area contributed by atoms with Gasteiger partial charge in [0, 0.05) is 19.2 Å². The third-order valence-electron chi connectivity index (χ3n) is 5.52. The Hall–Kier alpha value is -3.37. The molecule has 1 fully saturated rings. The van der Waals surface area contributed by atoms with Crippen molar-refractivity contribution in [3.05, 3.63) is 70.8 Å². The topological polar surface area (TPSA) is 120 Å². The molecular formula is C24H28F2N4O4. The second-order valence-corrected chi connectivity index (χ2v) is 8.25. The zero-order chi connectivity index (χ0) is 24.7. The minimum atomic E-state index is -1.10. The lowest BCUT2D eigenvalue weighted by molar-refractivity contribution is -0.127. The lowest BCUT2D eigenvalue weighted by atomic mass is 10.00. The van der Waals surface area contributed by atoms with Crippen molar-refractivity contribution in [2.45, 2.75) is 50.9 Å². The molecule has 1 aliphatic heterocycles. The van der Waals surface area contributed by atoms with Gasteiger partial charge in [0.1, 0.15) is 17.7 Å². The number of urea groups is 1. The van der Waals surface area contributed by atoms with E-state index in [1.54, 1.807) is 0 Å². The van der Waals surface area contributed by atoms with Crippen LogP contribution in [0, 0.1) is 11.6 Å². The van der Waals surface area contributed by atoms with Gasteiger partial charge in [0.05, 0.1) is 18.6 Å². The maximum Gasteiger partial charge on any atom is 0.322 e. The van der Waals surface area contributed by atoms with Gasteiger partial charge in [-0.15, -0.1) is 0 Å². The summed E-state index contributed by atoms with van der Waals surface area (Å²) in [5, 5.41) is 20.9. The molecule has 3 unspecified atom stereocenters. The summed E-state index contributed by atoms with van der Waals surface area (Å²) in [5.41, 5.74) is 2.47. The minimum absolute atomic E-state index is 0.0438. The van der Waals surface area contributed by atoms with Crippen molar-refractivity contribution in [3.63, 3.8) is 0 Å². The smallest absolute Gasteiger partial charge is 0.322 e. The van der Waals surface area contributed by atoms with Gasteiger partial charge in [-0.1, -0.05) is 31.2 Å². The molecule has 2 aromatic rings. The number of carbonyl (C=O) groups is 3. The zero-order valence-electron chi connectivity index (χ0n) is 18.7. The summed E-state index contributed by atoms with van der Waals surface area (Å²) in [4.78, 5) is 35.5. The van der Waals surface area contributed by atoms with Crippen LogP contribution in [0.2, 0.25) is 0 Å². The van der Waals surface area contributed by atoms with Crippen molar-refractivity contribution < 1.29 is 28.3 Å². The van der Waals surface area contributed by atoms with Crippen LogP contribution in [0.4, 0.5) is 13.6 Å². The van der Waals surface area contributed by atoms with Gasteiger partial charge in [-0.25, -0.2) is 13.6 Å². The summed E-state index contributed by atoms with van der Waals surface area (Å²) in [6, 6.07) is 8.35. The van der Waals surface area contributed by atoms with E-state index in [1.807, 2.05) is 23.5 Å². The molecule has 3 atom stereocenters. The second-order valence-electron chi connectivity index (χ2n) is 8.25. The monoisotopic (exact) mass is 474 g/mol. The van der Waals surface area contributed by atoms with Crippen LogP contribution >= 0.6 is 0 Å². The average Bonchev–Trinajstić information content (AvgIpc) is 3.09. The predicted octanol–water partition coefficient (Wildman–Crippen LogP) is 1.30. The molecule has 34 heavy (non-hydrogen) atoms. The SMILES string of the molecule is CCc1cccc(CNCC(O)C(Cc2cc(F)cc(F)c2)NC(=O)CC2NC(=O)NC2=O)c1. The number of hydrogen-bond acceptors (Lipinski definition) is 5. The van der Waals surface area contributed by atoms with Gasteiger partial charge in [-0.2, -0.15) is 0 Å². The summed E-state index contributed by atoms with van der Waals surface area (Å²) in [7, 11) is 0. The maximum absolute atomic E-state index is 13.7. The first-order valence-electron chi connectivity index (χ1n) is 11.1. The average molecular weight is 475 g/mol. The predicted molar refractivity (Wildman–Crippen MR) is 121 cm³/mol. The number of amides is 4. The fraction of sp³-hybridized carbons (Fsp3) is 0.375. The number of aryl methyl sites for hydroxylation is 1. The summed E-state index contributed by atoms with van der Waals surface area (Å²) in [6.45, 7) is 2.63. The summed E-state index contributed by atoms with van der Waals surface area (Å²) >= 11 is 0. The van der Waals surface area contributed by atoms with E-state index in [1.165, 1.54) is 5.56 Å². The zero-order valence-corrected chi connectivity index (χ0v) is 18.7. The first-order chi connectivity index (χ1) is 16.2. The van der Waals surface area contributed by atoms with Gasteiger partial charge in [0.15, 0.2) is 0 Å². The molecule has 0 aromatic heterocycles. The first kappa shape index (κ1) is 25.3. The number of halogens is 2. The number of nitrogens with one attached hydrogen (secondary N) is 4. The van der Waals surface area contributed by atoms with Gasteiger partial charge < -0.3 is 21.1 Å². The van der Waals surface area contributed by atoms with Crippen LogP contribution < -0.4 is 21.3 Å². The van der Waals surface area contributed by atoms with Crippen molar-refractivity contribution in [2.24, 2.45) is 0 Å². The van der Waals surface area contributed by atoms with Gasteiger partial charge >= 0.3 is 6.03 Å². The molecule has 1 heterocycles. The molecule has 0 saturated carbocycles. The fourth-order valence-corrected chi connectivity index (χ4v) is 3.79. The summed E-state index contributed by atoms with van der Waals surface area (Å²) < 4.78 is 27.3. The standard InChI is InChI=1S/C24H28F2N4O4/c1-2-14-4-3-5-15(6-14)12-27-13-21(31)19(9-16-7-17(25)10-18(26)8-16)28-22(32)11-20-23(33)30-24(34)29-20/h3-8,10,19-21,27,31H,2,9,11-13H2,1H3,(H,28,32)(H2,29,30,33,34). The van der Waals surface area contributed by atoms with Crippen molar-refractivity contribution >= 4 is 17.8 Å². The molecule has 1 saturated heterocycles. The number of hydrogen-bond donors (Lipinski definition) is 5. The van der Waals surface area contributed by atoms with Crippen LogP contribution in [-0.4, -0.2) is 47.7 Å². The molecule has 5 N–H and O–H groups in total. The number of carbonyl (C=O) groups excluding carboxylic acids is 3. The van der Waals surface area contributed by atoms with E-state index in [-0.39, 0.29) is 24.9 Å². The molecule has 0 spiro atoms. The van der Waals surface area contributed by atoms with Gasteiger partial charge in [-0.05, 0) is 41.7 Å². The van der Waals surface area contributed by atoms with Gasteiger partial charge in [-0.3, -0.25) is 14.9 Å². The number of rotatable bonds is 11. The molecular weight excluding hydrogens is 446 g/mol. The van der Waals surface area contributed by atoms with E-state index in [2.05, 4.69) is 28.9 Å². The number of aliphatic hydroxyl groups is 1. The highest BCUT2D eigenvalue weighted by Gasteiger charge is 2.32. The molecule has 1 aliphatic rings. The third-order valence-corrected chi connectivity index (χ3v) is 5.52. The maximum atomic E-state index is 13.7. The Bertz CT molecular complexity index is 1030. The highest BCUT2D eigenvalue weighted by atomic mass is 19.1. The highest BCUT2D eigenvalue weighted by molar-refractivity contribution is 6.05. The molecule has 0 radical (unpaired) electrons. The Morgan fingerprint density at radius 3 is 2.44 bits per heavy atom. The van der Waals surface area contributed by atoms with Crippen molar-refractivity contribution in [2.75, 3.05) is 6.54 Å². The second kappa shape index (κ2) is 11.7. The Kier molecular flexibility index (Phi) is 8.67. The van der Waals surface area contributed by atoms with E-state index >= 15 is 0 Å². The Labute approximate surface area is 196 Å². The lowest BCUT2D eigenvalue weighted by Gasteiger charge is -2.25. The van der Waals surface area contributed by atoms with Crippen molar-refractivity contribution in [3.8, 4) is 0 Å². The Morgan fingerprint density at radius 1 is 1.09 bits per heavy atom. The Balaban J connectivity index is 1.64. The van der Waals surface area contributed by atoms with E-state index in [0.717, 1.165) is 30.2 Å². The molecule has 10 heteroatoms. The van der Waals surface area contributed by atoms with E-state index in [9.17, 15) is 28.3 Å².